The predicted molar refractivity (Wildman–Crippen MR) is 78.3 cm³/mol. The number of thioether (sulfide) groups is 1. The summed E-state index contributed by atoms with van der Waals surface area (Å²) < 4.78 is 0. The van der Waals surface area contributed by atoms with E-state index in [0.717, 1.165) is 11.4 Å². The van der Waals surface area contributed by atoms with Crippen molar-refractivity contribution in [2.75, 3.05) is 29.5 Å². The van der Waals surface area contributed by atoms with Gasteiger partial charge in [-0.3, -0.25) is 4.79 Å². The van der Waals surface area contributed by atoms with E-state index in [0.29, 0.717) is 17.5 Å². The summed E-state index contributed by atoms with van der Waals surface area (Å²) in [4.78, 5) is 12.7. The summed E-state index contributed by atoms with van der Waals surface area (Å²) in [6, 6.07) is 7.37. The summed E-state index contributed by atoms with van der Waals surface area (Å²) in [5, 5.41) is 9.50. The molecule has 1 aromatic carbocycles. The molecule has 0 aromatic heterocycles. The minimum atomic E-state index is -0.840. The molecule has 18 heavy (non-hydrogen) atoms. The van der Waals surface area contributed by atoms with E-state index in [-0.39, 0.29) is 6.54 Å². The van der Waals surface area contributed by atoms with E-state index in [4.69, 9.17) is 10.8 Å². The first-order valence-electron chi connectivity index (χ1n) is 5.93. The highest BCUT2D eigenvalue weighted by Gasteiger charge is 2.13. The Morgan fingerprint density at radius 1 is 1.44 bits per heavy atom. The van der Waals surface area contributed by atoms with Crippen LogP contribution in [0.3, 0.4) is 0 Å². The Kier molecular flexibility index (Phi) is 5.85. The minimum Gasteiger partial charge on any atom is -0.480 e. The molecular weight excluding hydrogens is 248 g/mol. The monoisotopic (exact) mass is 268 g/mol. The predicted octanol–water partition coefficient (Wildman–Crippen LogP) is 2.30. The van der Waals surface area contributed by atoms with Crippen molar-refractivity contribution in [1.29, 1.82) is 0 Å². The molecule has 1 aromatic rings. The fourth-order valence-electron chi connectivity index (χ4n) is 1.62. The third kappa shape index (κ3) is 4.87. The number of benzene rings is 1. The van der Waals surface area contributed by atoms with E-state index in [1.54, 1.807) is 6.07 Å². The van der Waals surface area contributed by atoms with Gasteiger partial charge in [0, 0.05) is 12.3 Å². The number of hydrogen-bond acceptors (Lipinski definition) is 4. The maximum Gasteiger partial charge on any atom is 0.323 e. The number of nitrogens with two attached hydrogens (primary N) is 1. The molecule has 1 rings (SSSR count). The highest BCUT2D eigenvalue weighted by molar-refractivity contribution is 7.99. The van der Waals surface area contributed by atoms with Gasteiger partial charge in [0.05, 0.1) is 11.4 Å². The van der Waals surface area contributed by atoms with Crippen LogP contribution in [0.4, 0.5) is 11.4 Å². The second-order valence-corrected chi connectivity index (χ2v) is 5.98. The van der Waals surface area contributed by atoms with E-state index in [2.05, 4.69) is 13.8 Å². The largest absolute Gasteiger partial charge is 0.480 e. The molecule has 0 heterocycles. The van der Waals surface area contributed by atoms with Crippen LogP contribution >= 0.6 is 11.8 Å². The lowest BCUT2D eigenvalue weighted by molar-refractivity contribution is -0.135. The molecule has 3 N–H and O–H groups in total. The number of rotatable bonds is 7. The van der Waals surface area contributed by atoms with E-state index < -0.39 is 5.97 Å². The Morgan fingerprint density at radius 2 is 2.11 bits per heavy atom. The molecule has 0 aliphatic rings. The van der Waals surface area contributed by atoms with Crippen molar-refractivity contribution in [2.24, 2.45) is 0 Å². The smallest absolute Gasteiger partial charge is 0.323 e. The number of carboxylic acid groups (broad SMARTS) is 1. The minimum absolute atomic E-state index is 0.0210. The molecule has 5 heteroatoms. The van der Waals surface area contributed by atoms with Crippen LogP contribution in [0, 0.1) is 0 Å². The third-order valence-corrected chi connectivity index (χ3v) is 3.50. The zero-order chi connectivity index (χ0) is 13.5. The molecule has 0 atom stereocenters. The highest BCUT2D eigenvalue weighted by atomic mass is 32.2. The van der Waals surface area contributed by atoms with Gasteiger partial charge in [0.15, 0.2) is 0 Å². The first-order valence-corrected chi connectivity index (χ1v) is 6.98. The molecule has 0 unspecified atom stereocenters. The van der Waals surface area contributed by atoms with Crippen molar-refractivity contribution in [1.82, 2.24) is 0 Å². The van der Waals surface area contributed by atoms with Crippen LogP contribution < -0.4 is 10.6 Å². The molecule has 0 fully saturated rings. The second-order valence-electron chi connectivity index (χ2n) is 4.29. The number of nitrogens with zero attached hydrogens (tertiary/aromatic N) is 1. The van der Waals surface area contributed by atoms with Gasteiger partial charge in [0.25, 0.3) is 0 Å². The number of nitrogen functional groups attached to an aromatic ring is 1. The number of anilines is 2. The van der Waals surface area contributed by atoms with Crippen LogP contribution in [0.5, 0.6) is 0 Å². The fraction of sp³-hybridized carbons (Fsp3) is 0.462. The molecule has 0 aliphatic heterocycles. The number of carbonyl (C=O) groups is 1. The summed E-state index contributed by atoms with van der Waals surface area (Å²) >= 11 is 1.81. The second kappa shape index (κ2) is 7.16. The van der Waals surface area contributed by atoms with Gasteiger partial charge >= 0.3 is 5.97 Å². The number of para-hydroxylation sites is 2. The normalized spacial score (nSPS) is 10.6. The maximum absolute atomic E-state index is 10.9. The van der Waals surface area contributed by atoms with Gasteiger partial charge in [-0.25, -0.2) is 0 Å². The molecular formula is C13H20N2O2S. The van der Waals surface area contributed by atoms with E-state index >= 15 is 0 Å². The van der Waals surface area contributed by atoms with Crippen molar-refractivity contribution < 1.29 is 9.90 Å². The maximum atomic E-state index is 10.9. The molecule has 0 bridgehead atoms. The summed E-state index contributed by atoms with van der Waals surface area (Å²) in [6.45, 7) is 4.92. The average molecular weight is 268 g/mol. The SMILES string of the molecule is CC(C)SCCN(CC(=O)O)c1ccccc1N. The summed E-state index contributed by atoms with van der Waals surface area (Å²) in [5.41, 5.74) is 7.30. The first kappa shape index (κ1) is 14.7. The van der Waals surface area contributed by atoms with Crippen LogP contribution in [0.1, 0.15) is 13.8 Å². The molecule has 4 nitrogen and oxygen atoms in total. The number of aliphatic carboxylic acids is 1. The zero-order valence-electron chi connectivity index (χ0n) is 10.8. The topological polar surface area (TPSA) is 66.6 Å². The van der Waals surface area contributed by atoms with Crippen LogP contribution in [0.2, 0.25) is 0 Å². The van der Waals surface area contributed by atoms with Crippen LogP contribution in [-0.2, 0) is 4.79 Å². The van der Waals surface area contributed by atoms with Crippen molar-refractivity contribution in [3.05, 3.63) is 24.3 Å². The molecule has 0 amide bonds. The van der Waals surface area contributed by atoms with Gasteiger partial charge in [-0.15, -0.1) is 0 Å². The Morgan fingerprint density at radius 3 is 2.67 bits per heavy atom. The van der Waals surface area contributed by atoms with Gasteiger partial charge in [0.1, 0.15) is 6.54 Å². The van der Waals surface area contributed by atoms with Gasteiger partial charge < -0.3 is 15.7 Å². The van der Waals surface area contributed by atoms with Gasteiger partial charge in [-0.05, 0) is 17.4 Å². The third-order valence-electron chi connectivity index (χ3n) is 2.42. The molecule has 0 saturated heterocycles. The molecule has 0 radical (unpaired) electrons. The summed E-state index contributed by atoms with van der Waals surface area (Å²) in [5.74, 6) is 0.0482. The van der Waals surface area contributed by atoms with Gasteiger partial charge in [0.2, 0.25) is 0 Å². The lowest BCUT2D eigenvalue weighted by Crippen LogP contribution is -2.32. The Hall–Kier alpha value is -1.36. The average Bonchev–Trinajstić information content (AvgIpc) is 2.27. The standard InChI is InChI=1S/C13H20N2O2S/c1-10(2)18-8-7-15(9-13(16)17)12-6-4-3-5-11(12)14/h3-6,10H,7-9,14H2,1-2H3,(H,16,17). The summed E-state index contributed by atoms with van der Waals surface area (Å²) in [6.07, 6.45) is 0. The van der Waals surface area contributed by atoms with Crippen molar-refractivity contribution >= 4 is 29.1 Å². The van der Waals surface area contributed by atoms with Gasteiger partial charge in [-0.2, -0.15) is 11.8 Å². The van der Waals surface area contributed by atoms with Crippen molar-refractivity contribution in [3.63, 3.8) is 0 Å². The van der Waals surface area contributed by atoms with Crippen molar-refractivity contribution in [2.45, 2.75) is 19.1 Å². The van der Waals surface area contributed by atoms with Crippen LogP contribution in [0.15, 0.2) is 24.3 Å². The quantitative estimate of drug-likeness (QED) is 0.743. The molecule has 0 spiro atoms. The molecule has 100 valence electrons. The Balaban J connectivity index is 2.72. The van der Waals surface area contributed by atoms with Crippen molar-refractivity contribution in [3.8, 4) is 0 Å². The van der Waals surface area contributed by atoms with E-state index in [1.165, 1.54) is 0 Å². The Labute approximate surface area is 112 Å². The lowest BCUT2D eigenvalue weighted by Gasteiger charge is -2.24. The van der Waals surface area contributed by atoms with Crippen LogP contribution in [0.25, 0.3) is 0 Å². The van der Waals surface area contributed by atoms with Gasteiger partial charge in [-0.1, -0.05) is 26.0 Å². The van der Waals surface area contributed by atoms with E-state index in [9.17, 15) is 4.79 Å². The number of hydrogen-bond donors (Lipinski definition) is 2. The number of carboxylic acids is 1. The molecule has 0 saturated carbocycles. The van der Waals surface area contributed by atoms with E-state index in [1.807, 2.05) is 34.9 Å². The molecule has 0 aliphatic carbocycles. The lowest BCUT2D eigenvalue weighted by atomic mass is 10.2. The highest BCUT2D eigenvalue weighted by Crippen LogP contribution is 2.23. The Bertz CT molecular complexity index is 396. The first-order chi connectivity index (χ1) is 8.50. The van der Waals surface area contributed by atoms with Crippen LogP contribution in [-0.4, -0.2) is 35.2 Å². The zero-order valence-corrected chi connectivity index (χ0v) is 11.6. The fourth-order valence-corrected chi connectivity index (χ4v) is 2.42. The summed E-state index contributed by atoms with van der Waals surface area (Å²) in [7, 11) is 0.